The third kappa shape index (κ3) is 3.58. The van der Waals surface area contributed by atoms with Crippen LogP contribution in [-0.2, 0) is 0 Å². The van der Waals surface area contributed by atoms with Gasteiger partial charge in [0.1, 0.15) is 0 Å². The number of hydrogen-bond acceptors (Lipinski definition) is 0. The molecule has 0 spiro atoms. The second kappa shape index (κ2) is 4.55. The maximum absolute atomic E-state index is 3.71. The van der Waals surface area contributed by atoms with Gasteiger partial charge >= 0.3 is 0 Å². The summed E-state index contributed by atoms with van der Waals surface area (Å²) in [5, 5.41) is 0. The summed E-state index contributed by atoms with van der Waals surface area (Å²) in [6.45, 7) is 10.9. The predicted molar refractivity (Wildman–Crippen MR) is 37.2 cm³/mol. The highest BCUT2D eigenvalue weighted by atomic mass is 13.9. The van der Waals surface area contributed by atoms with Crippen molar-refractivity contribution in [3.8, 4) is 0 Å². The molecular weight excluding hydrogens is 96.1 g/mol. The number of unbranched alkanes of at least 4 members (excludes halogenated alkanes) is 1. The fraction of sp³-hybridized carbons (Fsp3) is 0.375. The molecule has 0 radical (unpaired) electrons. The molecule has 0 aliphatic heterocycles. The molecule has 8 heavy (non-hydrogen) atoms. The molecule has 0 fully saturated rings. The minimum Gasteiger partial charge on any atom is -0.343 e. The monoisotopic (exact) mass is 108 g/mol. The second-order valence-electron chi connectivity index (χ2n) is 1.74. The van der Waals surface area contributed by atoms with E-state index in [1.54, 1.807) is 0 Å². The topological polar surface area (TPSA) is 0 Å². The molecule has 0 bridgehead atoms. The zero-order valence-electron chi connectivity index (χ0n) is 5.24. The minimum atomic E-state index is 0.973. The lowest BCUT2D eigenvalue weighted by atomic mass is 10.1. The summed E-state index contributed by atoms with van der Waals surface area (Å²) in [6.07, 6.45) is 3.06. The summed E-state index contributed by atoms with van der Waals surface area (Å²) >= 11 is 0. The van der Waals surface area contributed by atoms with Crippen LogP contribution in [0.25, 0.3) is 0 Å². The fourth-order valence-corrected chi connectivity index (χ4v) is 0.427. The van der Waals surface area contributed by atoms with E-state index < -0.39 is 0 Å². The summed E-state index contributed by atoms with van der Waals surface area (Å²) in [7, 11) is 0. The SMILES string of the molecule is C=C=C([CH2+])CCC[CH2-]. The normalized spacial score (nSPS) is 8.12. The van der Waals surface area contributed by atoms with Crippen molar-refractivity contribution in [2.75, 3.05) is 0 Å². The van der Waals surface area contributed by atoms with Crippen LogP contribution in [0.3, 0.4) is 0 Å². The Hall–Kier alpha value is -0.610. The molecule has 0 unspecified atom stereocenters. The Balaban J connectivity index is 3.26. The summed E-state index contributed by atoms with van der Waals surface area (Å²) in [5.74, 6) is 0. The van der Waals surface area contributed by atoms with Crippen molar-refractivity contribution in [1.29, 1.82) is 0 Å². The molecule has 0 rings (SSSR count). The van der Waals surface area contributed by atoms with Crippen LogP contribution in [0.1, 0.15) is 19.3 Å². The zero-order valence-corrected chi connectivity index (χ0v) is 5.24. The quantitative estimate of drug-likeness (QED) is 0.385. The first-order valence-electron chi connectivity index (χ1n) is 2.81. The largest absolute Gasteiger partial charge is 0.343 e. The van der Waals surface area contributed by atoms with Crippen molar-refractivity contribution in [1.82, 2.24) is 0 Å². The first-order chi connectivity index (χ1) is 3.81. The molecule has 0 amide bonds. The standard InChI is InChI=1S/C8H12/c1-4-6-7-8(3)5-2/h1-4,6-7H2. The van der Waals surface area contributed by atoms with Crippen molar-refractivity contribution >= 4 is 0 Å². The van der Waals surface area contributed by atoms with Gasteiger partial charge in [-0.15, -0.1) is 0 Å². The van der Waals surface area contributed by atoms with E-state index in [2.05, 4.69) is 26.2 Å². The van der Waals surface area contributed by atoms with Crippen LogP contribution in [-0.4, -0.2) is 0 Å². The van der Waals surface area contributed by atoms with Crippen molar-refractivity contribution in [3.63, 3.8) is 0 Å². The Bertz CT molecular complexity index is 94.6. The zero-order chi connectivity index (χ0) is 6.41. The molecule has 0 aromatic rings. The lowest BCUT2D eigenvalue weighted by Gasteiger charge is -1.90. The Morgan fingerprint density at radius 3 is 2.75 bits per heavy atom. The van der Waals surface area contributed by atoms with Crippen molar-refractivity contribution in [2.45, 2.75) is 19.3 Å². The minimum absolute atomic E-state index is 0.973. The number of allylic oxidation sites excluding steroid dienone is 1. The van der Waals surface area contributed by atoms with Gasteiger partial charge in [0.15, 0.2) is 5.57 Å². The average Bonchev–Trinajstić information content (AvgIpc) is 1.83. The lowest BCUT2D eigenvalue weighted by molar-refractivity contribution is 0.845. The molecule has 0 aliphatic carbocycles. The molecule has 0 aliphatic rings. The van der Waals surface area contributed by atoms with Gasteiger partial charge in [0.05, 0.1) is 5.73 Å². The van der Waals surface area contributed by atoms with Gasteiger partial charge < -0.3 is 6.92 Å². The second-order valence-corrected chi connectivity index (χ2v) is 1.74. The Morgan fingerprint density at radius 2 is 2.38 bits per heavy atom. The lowest BCUT2D eigenvalue weighted by Crippen LogP contribution is -1.73. The van der Waals surface area contributed by atoms with Crippen molar-refractivity contribution in [2.24, 2.45) is 0 Å². The van der Waals surface area contributed by atoms with Crippen LogP contribution in [0.2, 0.25) is 0 Å². The van der Waals surface area contributed by atoms with Crippen LogP contribution in [0.15, 0.2) is 17.9 Å². The summed E-state index contributed by atoms with van der Waals surface area (Å²) in [5.41, 5.74) is 3.72. The maximum atomic E-state index is 3.71. The van der Waals surface area contributed by atoms with E-state index >= 15 is 0 Å². The first-order valence-corrected chi connectivity index (χ1v) is 2.81. The highest BCUT2D eigenvalue weighted by Gasteiger charge is 1.90. The van der Waals surface area contributed by atoms with Crippen molar-refractivity contribution in [3.05, 3.63) is 31.7 Å². The third-order valence-electron chi connectivity index (χ3n) is 0.979. The van der Waals surface area contributed by atoms with E-state index in [0.29, 0.717) is 0 Å². The van der Waals surface area contributed by atoms with Crippen LogP contribution >= 0.6 is 0 Å². The van der Waals surface area contributed by atoms with Gasteiger partial charge in [-0.2, -0.15) is 6.42 Å². The van der Waals surface area contributed by atoms with E-state index in [4.69, 9.17) is 0 Å². The van der Waals surface area contributed by atoms with E-state index in [-0.39, 0.29) is 0 Å². The molecule has 0 heterocycles. The number of rotatable bonds is 3. The molecule has 0 nitrogen and oxygen atoms in total. The molecule has 0 saturated carbocycles. The van der Waals surface area contributed by atoms with E-state index in [9.17, 15) is 0 Å². The smallest absolute Gasteiger partial charge is 0.164 e. The van der Waals surface area contributed by atoms with Crippen LogP contribution in [0.4, 0.5) is 0 Å². The first kappa shape index (κ1) is 7.39. The van der Waals surface area contributed by atoms with Gasteiger partial charge in [-0.25, -0.2) is 0 Å². The number of hydrogen-bond donors (Lipinski definition) is 0. The third-order valence-corrected chi connectivity index (χ3v) is 0.979. The Labute approximate surface area is 51.9 Å². The predicted octanol–water partition coefficient (Wildman–Crippen LogP) is 2.54. The molecule has 0 N–H and O–H groups in total. The summed E-state index contributed by atoms with van der Waals surface area (Å²) in [6, 6.07) is 0. The Kier molecular flexibility index (Phi) is 4.20. The van der Waals surface area contributed by atoms with Gasteiger partial charge in [-0.1, -0.05) is 6.42 Å². The highest BCUT2D eigenvalue weighted by molar-refractivity contribution is 5.01. The molecule has 0 atom stereocenters. The van der Waals surface area contributed by atoms with Gasteiger partial charge in [-0.3, -0.25) is 0 Å². The summed E-state index contributed by atoms with van der Waals surface area (Å²) < 4.78 is 0. The molecule has 0 saturated heterocycles. The molecular formula is C8H12. The highest BCUT2D eigenvalue weighted by Crippen LogP contribution is 2.01. The van der Waals surface area contributed by atoms with Crippen LogP contribution in [0.5, 0.6) is 0 Å². The van der Waals surface area contributed by atoms with Gasteiger partial charge in [0, 0.05) is 19.9 Å². The molecule has 0 aromatic heterocycles. The maximum Gasteiger partial charge on any atom is 0.164 e. The van der Waals surface area contributed by atoms with E-state index in [1.165, 1.54) is 0 Å². The van der Waals surface area contributed by atoms with Gasteiger partial charge in [0.2, 0.25) is 0 Å². The summed E-state index contributed by atoms with van der Waals surface area (Å²) in [4.78, 5) is 0. The average molecular weight is 108 g/mol. The van der Waals surface area contributed by atoms with E-state index in [1.807, 2.05) is 0 Å². The molecule has 0 heteroatoms. The fourth-order valence-electron chi connectivity index (χ4n) is 0.427. The van der Waals surface area contributed by atoms with Crippen LogP contribution < -0.4 is 0 Å². The van der Waals surface area contributed by atoms with Crippen LogP contribution in [0, 0.1) is 13.8 Å². The molecule has 44 valence electrons. The van der Waals surface area contributed by atoms with E-state index in [0.717, 1.165) is 24.8 Å². The Morgan fingerprint density at radius 1 is 1.75 bits per heavy atom. The van der Waals surface area contributed by atoms with Crippen molar-refractivity contribution < 1.29 is 0 Å². The molecule has 0 aromatic carbocycles. The van der Waals surface area contributed by atoms with Gasteiger partial charge in [-0.05, 0) is 0 Å². The van der Waals surface area contributed by atoms with Gasteiger partial charge in [0.25, 0.3) is 0 Å².